The second-order valence-electron chi connectivity index (χ2n) is 8.16. The van der Waals surface area contributed by atoms with Gasteiger partial charge in [0.1, 0.15) is 23.6 Å². The second kappa shape index (κ2) is 9.43. The predicted octanol–water partition coefficient (Wildman–Crippen LogP) is 3.72. The zero-order valence-corrected chi connectivity index (χ0v) is 18.6. The normalized spacial score (nSPS) is 15.6. The molecule has 0 radical (unpaired) electrons. The van der Waals surface area contributed by atoms with Gasteiger partial charge in [-0.05, 0) is 41.8 Å². The standard InChI is InChI=1S/C26H23F2N3O3/c1-15(24(32)29-14-16-11-17(27)13-18(28)12-16)25(33)30-23-21-9-4-3-7-19(21)20-8-5-6-10-22(20)31(2)26(23)34/h3-13,15,23H,14H2,1-2H3,(H,29,32)(H,30,33)/t15?,23-/m0/s1. The van der Waals surface area contributed by atoms with Crippen LogP contribution in [0.3, 0.4) is 0 Å². The molecule has 1 heterocycles. The molecule has 0 fully saturated rings. The molecule has 0 aliphatic carbocycles. The first kappa shape index (κ1) is 23.1. The van der Waals surface area contributed by atoms with E-state index in [1.54, 1.807) is 19.2 Å². The molecule has 3 amide bonds. The number of halogens is 2. The number of amides is 3. The predicted molar refractivity (Wildman–Crippen MR) is 124 cm³/mol. The Labute approximate surface area is 195 Å². The van der Waals surface area contributed by atoms with Crippen molar-refractivity contribution in [3.8, 4) is 11.1 Å². The van der Waals surface area contributed by atoms with Gasteiger partial charge in [-0.2, -0.15) is 0 Å². The summed E-state index contributed by atoms with van der Waals surface area (Å²) in [5.74, 6) is -4.28. The molecule has 2 atom stereocenters. The minimum atomic E-state index is -1.14. The van der Waals surface area contributed by atoms with Crippen molar-refractivity contribution in [1.82, 2.24) is 10.6 Å². The first-order valence-corrected chi connectivity index (χ1v) is 10.7. The summed E-state index contributed by atoms with van der Waals surface area (Å²) in [4.78, 5) is 40.3. The molecule has 0 spiro atoms. The van der Waals surface area contributed by atoms with Gasteiger partial charge in [0.15, 0.2) is 0 Å². The number of benzene rings is 3. The molecule has 0 saturated heterocycles. The Morgan fingerprint density at radius 1 is 0.941 bits per heavy atom. The average Bonchev–Trinajstić information content (AvgIpc) is 2.91. The molecule has 3 aromatic rings. The van der Waals surface area contributed by atoms with Crippen LogP contribution in [0.1, 0.15) is 24.1 Å². The van der Waals surface area contributed by atoms with Crippen LogP contribution in [-0.2, 0) is 20.9 Å². The average molecular weight is 463 g/mol. The van der Waals surface area contributed by atoms with Crippen molar-refractivity contribution in [2.75, 3.05) is 11.9 Å². The summed E-state index contributed by atoms with van der Waals surface area (Å²) in [7, 11) is 1.64. The van der Waals surface area contributed by atoms with Gasteiger partial charge in [0.05, 0.1) is 5.69 Å². The lowest BCUT2D eigenvalue weighted by atomic mass is 9.95. The summed E-state index contributed by atoms with van der Waals surface area (Å²) in [6, 6.07) is 16.7. The fourth-order valence-corrected chi connectivity index (χ4v) is 4.01. The molecular weight excluding hydrogens is 440 g/mol. The fraction of sp³-hybridized carbons (Fsp3) is 0.192. The monoisotopic (exact) mass is 463 g/mol. The Morgan fingerprint density at radius 2 is 1.56 bits per heavy atom. The van der Waals surface area contributed by atoms with Crippen LogP contribution in [0.5, 0.6) is 0 Å². The molecule has 0 aromatic heterocycles. The van der Waals surface area contributed by atoms with Crippen molar-refractivity contribution in [3.63, 3.8) is 0 Å². The lowest BCUT2D eigenvalue weighted by Crippen LogP contribution is -2.45. The smallest absolute Gasteiger partial charge is 0.253 e. The summed E-state index contributed by atoms with van der Waals surface area (Å²) in [6.45, 7) is 1.26. The molecule has 1 aliphatic heterocycles. The van der Waals surface area contributed by atoms with E-state index in [2.05, 4.69) is 10.6 Å². The van der Waals surface area contributed by atoms with Gasteiger partial charge in [0, 0.05) is 25.2 Å². The Hall–Kier alpha value is -4.07. The third-order valence-corrected chi connectivity index (χ3v) is 5.87. The van der Waals surface area contributed by atoms with E-state index in [9.17, 15) is 23.2 Å². The molecular formula is C26H23F2N3O3. The fourth-order valence-electron chi connectivity index (χ4n) is 4.01. The summed E-state index contributed by atoms with van der Waals surface area (Å²) < 4.78 is 26.7. The zero-order valence-electron chi connectivity index (χ0n) is 18.6. The number of nitrogens with one attached hydrogen (secondary N) is 2. The maximum atomic E-state index is 13.4. The van der Waals surface area contributed by atoms with E-state index in [1.165, 1.54) is 11.8 Å². The van der Waals surface area contributed by atoms with E-state index in [0.717, 1.165) is 29.3 Å². The van der Waals surface area contributed by atoms with Crippen LogP contribution in [0, 0.1) is 17.6 Å². The number of fused-ring (bicyclic) bond motifs is 3. The zero-order chi connectivity index (χ0) is 24.4. The molecule has 2 N–H and O–H groups in total. The van der Waals surface area contributed by atoms with Crippen LogP contribution in [0.4, 0.5) is 14.5 Å². The molecule has 6 nitrogen and oxygen atoms in total. The highest BCUT2D eigenvalue weighted by Gasteiger charge is 2.34. The van der Waals surface area contributed by atoms with Crippen molar-refractivity contribution in [2.24, 2.45) is 5.92 Å². The Morgan fingerprint density at radius 3 is 2.26 bits per heavy atom. The van der Waals surface area contributed by atoms with Crippen LogP contribution in [0.2, 0.25) is 0 Å². The SMILES string of the molecule is CC(C(=O)NCc1cc(F)cc(F)c1)C(=O)N[C@@H]1C(=O)N(C)c2ccccc2-c2ccccc21. The van der Waals surface area contributed by atoms with Gasteiger partial charge in [0.2, 0.25) is 11.8 Å². The lowest BCUT2D eigenvalue weighted by Gasteiger charge is -2.24. The topological polar surface area (TPSA) is 78.5 Å². The van der Waals surface area contributed by atoms with Gasteiger partial charge < -0.3 is 15.5 Å². The maximum Gasteiger partial charge on any atom is 0.253 e. The molecule has 1 unspecified atom stereocenters. The number of hydrogen-bond donors (Lipinski definition) is 2. The summed E-state index contributed by atoms with van der Waals surface area (Å²) in [6.07, 6.45) is 0. The van der Waals surface area contributed by atoms with E-state index >= 15 is 0 Å². The van der Waals surface area contributed by atoms with E-state index in [-0.39, 0.29) is 18.0 Å². The van der Waals surface area contributed by atoms with E-state index in [4.69, 9.17) is 0 Å². The van der Waals surface area contributed by atoms with E-state index < -0.39 is 35.4 Å². The van der Waals surface area contributed by atoms with Gasteiger partial charge in [-0.1, -0.05) is 42.5 Å². The van der Waals surface area contributed by atoms with Crippen molar-refractivity contribution in [3.05, 3.63) is 89.5 Å². The number of likely N-dealkylation sites (N-methyl/N-ethyl adjacent to an activating group) is 1. The van der Waals surface area contributed by atoms with Gasteiger partial charge in [-0.3, -0.25) is 14.4 Å². The molecule has 0 saturated carbocycles. The maximum absolute atomic E-state index is 13.4. The molecule has 0 bridgehead atoms. The van der Waals surface area contributed by atoms with Gasteiger partial charge in [-0.25, -0.2) is 8.78 Å². The van der Waals surface area contributed by atoms with Crippen molar-refractivity contribution in [1.29, 1.82) is 0 Å². The third-order valence-electron chi connectivity index (χ3n) is 5.87. The Bertz CT molecular complexity index is 1260. The molecule has 8 heteroatoms. The Kier molecular flexibility index (Phi) is 6.40. The van der Waals surface area contributed by atoms with Crippen LogP contribution < -0.4 is 15.5 Å². The van der Waals surface area contributed by atoms with Crippen LogP contribution in [0.25, 0.3) is 11.1 Å². The second-order valence-corrected chi connectivity index (χ2v) is 8.16. The number of anilines is 1. The highest BCUT2D eigenvalue weighted by Crippen LogP contribution is 2.39. The number of hydrogen-bond acceptors (Lipinski definition) is 3. The van der Waals surface area contributed by atoms with Crippen molar-refractivity contribution < 1.29 is 23.2 Å². The minimum Gasteiger partial charge on any atom is -0.351 e. The van der Waals surface area contributed by atoms with Gasteiger partial charge in [-0.15, -0.1) is 0 Å². The minimum absolute atomic E-state index is 0.144. The van der Waals surface area contributed by atoms with Gasteiger partial charge >= 0.3 is 0 Å². The van der Waals surface area contributed by atoms with Crippen LogP contribution in [-0.4, -0.2) is 24.8 Å². The number of rotatable bonds is 5. The summed E-state index contributed by atoms with van der Waals surface area (Å²) in [5.41, 5.74) is 3.24. The van der Waals surface area contributed by atoms with E-state index in [1.807, 2.05) is 36.4 Å². The van der Waals surface area contributed by atoms with Crippen LogP contribution >= 0.6 is 0 Å². The van der Waals surface area contributed by atoms with Crippen LogP contribution in [0.15, 0.2) is 66.7 Å². The van der Waals surface area contributed by atoms with Crippen molar-refractivity contribution in [2.45, 2.75) is 19.5 Å². The molecule has 34 heavy (non-hydrogen) atoms. The van der Waals surface area contributed by atoms with Crippen molar-refractivity contribution >= 4 is 23.4 Å². The molecule has 174 valence electrons. The molecule has 4 rings (SSSR count). The number of nitrogens with zero attached hydrogens (tertiary/aromatic N) is 1. The first-order chi connectivity index (χ1) is 16.3. The van der Waals surface area contributed by atoms with E-state index in [0.29, 0.717) is 11.3 Å². The first-order valence-electron chi connectivity index (χ1n) is 10.7. The third kappa shape index (κ3) is 4.52. The molecule has 1 aliphatic rings. The lowest BCUT2D eigenvalue weighted by molar-refractivity contribution is -0.136. The largest absolute Gasteiger partial charge is 0.351 e. The number of carbonyl (C=O) groups excluding carboxylic acids is 3. The summed E-state index contributed by atoms with van der Waals surface area (Å²) in [5, 5.41) is 5.22. The highest BCUT2D eigenvalue weighted by atomic mass is 19.1. The number of carbonyl (C=O) groups is 3. The van der Waals surface area contributed by atoms with Gasteiger partial charge in [0.25, 0.3) is 5.91 Å². The Balaban J connectivity index is 1.52. The quantitative estimate of drug-likeness (QED) is 0.566. The molecule has 3 aromatic carbocycles. The number of para-hydroxylation sites is 1. The highest BCUT2D eigenvalue weighted by molar-refractivity contribution is 6.07. The summed E-state index contributed by atoms with van der Waals surface area (Å²) >= 11 is 0.